The average molecular weight is 309 g/mol. The summed E-state index contributed by atoms with van der Waals surface area (Å²) >= 11 is 0. The highest BCUT2D eigenvalue weighted by Gasteiger charge is 2.11. The first-order valence-electron chi connectivity index (χ1n) is 7.71. The van der Waals surface area contributed by atoms with Crippen LogP contribution in [0.2, 0.25) is 0 Å². The van der Waals surface area contributed by atoms with Crippen LogP contribution in [0, 0.1) is 5.82 Å². The SMILES string of the molecule is CC(CN(C)c1ccccc1)Nc1nc2ccccc2cc1F. The van der Waals surface area contributed by atoms with E-state index in [0.717, 1.165) is 23.1 Å². The van der Waals surface area contributed by atoms with Gasteiger partial charge in [-0.05, 0) is 31.2 Å². The van der Waals surface area contributed by atoms with Crippen molar-refractivity contribution >= 4 is 22.4 Å². The standard InChI is InChI=1S/C19H20FN3/c1-14(13-23(2)16-9-4-3-5-10-16)21-19-17(20)12-15-8-6-7-11-18(15)22-19/h3-12,14H,13H2,1-2H3,(H,21,22). The highest BCUT2D eigenvalue weighted by atomic mass is 19.1. The zero-order valence-corrected chi connectivity index (χ0v) is 13.3. The number of nitrogens with zero attached hydrogens (tertiary/aromatic N) is 2. The molecule has 0 aliphatic rings. The maximum Gasteiger partial charge on any atom is 0.166 e. The molecule has 3 rings (SSSR count). The number of likely N-dealkylation sites (N-methyl/N-ethyl adjacent to an activating group) is 1. The fourth-order valence-electron chi connectivity index (χ4n) is 2.67. The maximum absolute atomic E-state index is 14.2. The first-order chi connectivity index (χ1) is 11.1. The number of fused-ring (bicyclic) bond motifs is 1. The minimum Gasteiger partial charge on any atom is -0.373 e. The molecule has 0 saturated heterocycles. The van der Waals surface area contributed by atoms with E-state index in [2.05, 4.69) is 27.3 Å². The third-order valence-electron chi connectivity index (χ3n) is 3.81. The van der Waals surface area contributed by atoms with Crippen LogP contribution in [0.15, 0.2) is 60.7 Å². The second-order valence-electron chi connectivity index (χ2n) is 5.77. The van der Waals surface area contributed by atoms with Gasteiger partial charge in [0, 0.05) is 30.7 Å². The number of anilines is 2. The van der Waals surface area contributed by atoms with Gasteiger partial charge in [0.15, 0.2) is 11.6 Å². The Bertz CT molecular complexity index is 789. The lowest BCUT2D eigenvalue weighted by Crippen LogP contribution is -2.32. The van der Waals surface area contributed by atoms with Gasteiger partial charge in [0.1, 0.15) is 0 Å². The Morgan fingerprint density at radius 3 is 2.57 bits per heavy atom. The summed E-state index contributed by atoms with van der Waals surface area (Å²) in [4.78, 5) is 6.53. The molecule has 0 aliphatic carbocycles. The van der Waals surface area contributed by atoms with Crippen LogP contribution in [0.5, 0.6) is 0 Å². The Balaban J connectivity index is 1.72. The van der Waals surface area contributed by atoms with Crippen molar-refractivity contribution in [2.75, 3.05) is 23.8 Å². The van der Waals surface area contributed by atoms with Gasteiger partial charge in [0.2, 0.25) is 0 Å². The molecule has 0 aliphatic heterocycles. The van der Waals surface area contributed by atoms with E-state index in [1.54, 1.807) is 0 Å². The van der Waals surface area contributed by atoms with Gasteiger partial charge < -0.3 is 10.2 Å². The summed E-state index contributed by atoms with van der Waals surface area (Å²) in [5, 5.41) is 3.99. The van der Waals surface area contributed by atoms with Gasteiger partial charge in [0.05, 0.1) is 5.52 Å². The van der Waals surface area contributed by atoms with E-state index in [4.69, 9.17) is 0 Å². The summed E-state index contributed by atoms with van der Waals surface area (Å²) < 4.78 is 14.2. The second-order valence-corrected chi connectivity index (χ2v) is 5.77. The highest BCUT2D eigenvalue weighted by molar-refractivity contribution is 5.80. The molecule has 0 amide bonds. The molecule has 1 N–H and O–H groups in total. The Hall–Kier alpha value is -2.62. The predicted octanol–water partition coefficient (Wildman–Crippen LogP) is 4.31. The number of aromatic nitrogens is 1. The molecule has 23 heavy (non-hydrogen) atoms. The molecule has 1 aromatic heterocycles. The van der Waals surface area contributed by atoms with Crippen molar-refractivity contribution in [1.82, 2.24) is 4.98 Å². The zero-order chi connectivity index (χ0) is 16.2. The van der Waals surface area contributed by atoms with E-state index in [9.17, 15) is 4.39 Å². The van der Waals surface area contributed by atoms with Crippen LogP contribution >= 0.6 is 0 Å². The molecule has 1 heterocycles. The van der Waals surface area contributed by atoms with Gasteiger partial charge in [-0.25, -0.2) is 9.37 Å². The van der Waals surface area contributed by atoms with Crippen LogP contribution in [-0.2, 0) is 0 Å². The summed E-state index contributed by atoms with van der Waals surface area (Å²) in [6, 6.07) is 19.3. The number of hydrogen-bond acceptors (Lipinski definition) is 3. The Morgan fingerprint density at radius 1 is 1.09 bits per heavy atom. The van der Waals surface area contributed by atoms with E-state index in [1.807, 2.05) is 56.4 Å². The van der Waals surface area contributed by atoms with Gasteiger partial charge in [-0.15, -0.1) is 0 Å². The summed E-state index contributed by atoms with van der Waals surface area (Å²) in [5.41, 5.74) is 1.92. The van der Waals surface area contributed by atoms with Crippen molar-refractivity contribution in [3.05, 3.63) is 66.5 Å². The number of hydrogen-bond donors (Lipinski definition) is 1. The van der Waals surface area contributed by atoms with E-state index in [-0.39, 0.29) is 11.9 Å². The van der Waals surface area contributed by atoms with E-state index >= 15 is 0 Å². The summed E-state index contributed by atoms with van der Waals surface area (Å²) in [5.74, 6) is -0.0180. The monoisotopic (exact) mass is 309 g/mol. The van der Waals surface area contributed by atoms with Gasteiger partial charge in [-0.1, -0.05) is 36.4 Å². The Kier molecular flexibility index (Phi) is 4.42. The number of pyridine rings is 1. The molecular formula is C19H20FN3. The summed E-state index contributed by atoms with van der Waals surface area (Å²) in [6.45, 7) is 2.77. The van der Waals surface area contributed by atoms with Gasteiger partial charge >= 0.3 is 0 Å². The largest absolute Gasteiger partial charge is 0.373 e. The first kappa shape index (κ1) is 15.3. The van der Waals surface area contributed by atoms with Crippen molar-refractivity contribution in [3.63, 3.8) is 0 Å². The van der Waals surface area contributed by atoms with Crippen molar-refractivity contribution in [2.24, 2.45) is 0 Å². The molecule has 3 aromatic rings. The van der Waals surface area contributed by atoms with E-state index < -0.39 is 0 Å². The predicted molar refractivity (Wildman–Crippen MR) is 94.5 cm³/mol. The Labute approximate surface area is 135 Å². The number of rotatable bonds is 5. The molecular weight excluding hydrogens is 289 g/mol. The minimum atomic E-state index is -0.321. The lowest BCUT2D eigenvalue weighted by Gasteiger charge is -2.24. The molecule has 0 bridgehead atoms. The molecule has 118 valence electrons. The van der Waals surface area contributed by atoms with Crippen molar-refractivity contribution in [2.45, 2.75) is 13.0 Å². The first-order valence-corrected chi connectivity index (χ1v) is 7.71. The number of benzene rings is 2. The average Bonchev–Trinajstić information content (AvgIpc) is 2.56. The summed E-state index contributed by atoms with van der Waals surface area (Å²) in [7, 11) is 2.03. The second kappa shape index (κ2) is 6.65. The van der Waals surface area contributed by atoms with Crippen LogP contribution in [0.4, 0.5) is 15.9 Å². The molecule has 1 atom stereocenters. The molecule has 0 fully saturated rings. The maximum atomic E-state index is 14.2. The Morgan fingerprint density at radius 2 is 1.78 bits per heavy atom. The van der Waals surface area contributed by atoms with Crippen LogP contribution in [0.25, 0.3) is 10.9 Å². The van der Waals surface area contributed by atoms with Crippen molar-refractivity contribution in [1.29, 1.82) is 0 Å². The van der Waals surface area contributed by atoms with Gasteiger partial charge in [-0.3, -0.25) is 0 Å². The molecule has 4 heteroatoms. The number of para-hydroxylation sites is 2. The molecule has 0 spiro atoms. The highest BCUT2D eigenvalue weighted by Crippen LogP contribution is 2.20. The topological polar surface area (TPSA) is 28.2 Å². The van der Waals surface area contributed by atoms with E-state index in [0.29, 0.717) is 5.82 Å². The van der Waals surface area contributed by atoms with Crippen LogP contribution in [-0.4, -0.2) is 24.6 Å². The van der Waals surface area contributed by atoms with Gasteiger partial charge in [0.25, 0.3) is 0 Å². The normalized spacial score (nSPS) is 12.1. The molecule has 2 aromatic carbocycles. The number of halogens is 1. The molecule has 1 unspecified atom stereocenters. The van der Waals surface area contributed by atoms with Crippen LogP contribution in [0.1, 0.15) is 6.92 Å². The molecule has 0 saturated carbocycles. The third-order valence-corrected chi connectivity index (χ3v) is 3.81. The number of nitrogens with one attached hydrogen (secondary N) is 1. The molecule has 3 nitrogen and oxygen atoms in total. The van der Waals surface area contributed by atoms with Crippen molar-refractivity contribution < 1.29 is 4.39 Å². The van der Waals surface area contributed by atoms with Crippen LogP contribution in [0.3, 0.4) is 0 Å². The fraction of sp³-hybridized carbons (Fsp3) is 0.211. The fourth-order valence-corrected chi connectivity index (χ4v) is 2.67. The molecule has 0 radical (unpaired) electrons. The third kappa shape index (κ3) is 3.59. The minimum absolute atomic E-state index is 0.0587. The lowest BCUT2D eigenvalue weighted by atomic mass is 10.2. The van der Waals surface area contributed by atoms with Gasteiger partial charge in [-0.2, -0.15) is 0 Å². The zero-order valence-electron chi connectivity index (χ0n) is 13.3. The van der Waals surface area contributed by atoms with E-state index in [1.165, 1.54) is 6.07 Å². The smallest absolute Gasteiger partial charge is 0.166 e. The van der Waals surface area contributed by atoms with Crippen molar-refractivity contribution in [3.8, 4) is 0 Å². The van der Waals surface area contributed by atoms with Crippen LogP contribution < -0.4 is 10.2 Å². The summed E-state index contributed by atoms with van der Waals surface area (Å²) in [6.07, 6.45) is 0. The lowest BCUT2D eigenvalue weighted by molar-refractivity contribution is 0.621. The quantitative estimate of drug-likeness (QED) is 0.761.